The molecular formula is C31H40O6. The van der Waals surface area contributed by atoms with Crippen molar-refractivity contribution in [2.75, 3.05) is 7.11 Å². The molecule has 37 heavy (non-hydrogen) atoms. The molecule has 0 amide bonds. The molecule has 0 saturated carbocycles. The number of rotatable bonds is 3. The van der Waals surface area contributed by atoms with Crippen LogP contribution in [0.15, 0.2) is 35.9 Å². The van der Waals surface area contributed by atoms with Crippen molar-refractivity contribution < 1.29 is 28.6 Å². The predicted octanol–water partition coefficient (Wildman–Crippen LogP) is 6.04. The van der Waals surface area contributed by atoms with Gasteiger partial charge in [0.2, 0.25) is 0 Å². The van der Waals surface area contributed by atoms with Gasteiger partial charge in [-0.05, 0) is 81.2 Å². The van der Waals surface area contributed by atoms with Crippen molar-refractivity contribution >= 4 is 23.8 Å². The maximum absolute atomic E-state index is 14.0. The van der Waals surface area contributed by atoms with Gasteiger partial charge in [0, 0.05) is 11.8 Å². The minimum absolute atomic E-state index is 0.0156. The Bertz CT molecular complexity index is 1110. The highest BCUT2D eigenvalue weighted by atomic mass is 16.5. The van der Waals surface area contributed by atoms with Crippen LogP contribution >= 0.6 is 0 Å². The van der Waals surface area contributed by atoms with Gasteiger partial charge in [-0.25, -0.2) is 0 Å². The molecule has 0 spiro atoms. The molecule has 6 atom stereocenters. The number of ketones is 1. The number of carbonyl (C=O) groups is 3. The lowest BCUT2D eigenvalue weighted by molar-refractivity contribution is -0.162. The van der Waals surface area contributed by atoms with E-state index in [0.717, 1.165) is 23.3 Å². The maximum Gasteiger partial charge on any atom is 0.311 e. The number of methoxy groups -OCH3 is 1. The highest BCUT2D eigenvalue weighted by molar-refractivity contribution is 5.99. The van der Waals surface area contributed by atoms with Gasteiger partial charge in [0.05, 0.1) is 24.9 Å². The summed E-state index contributed by atoms with van der Waals surface area (Å²) in [6.07, 6.45) is 8.34. The van der Waals surface area contributed by atoms with Crippen LogP contribution < -0.4 is 4.74 Å². The molecule has 2 aliphatic carbocycles. The highest BCUT2D eigenvalue weighted by Crippen LogP contribution is 2.50. The van der Waals surface area contributed by atoms with Gasteiger partial charge in [-0.3, -0.25) is 14.4 Å². The van der Waals surface area contributed by atoms with E-state index in [4.69, 9.17) is 14.2 Å². The van der Waals surface area contributed by atoms with E-state index in [0.29, 0.717) is 24.8 Å². The molecule has 1 aliphatic heterocycles. The Hall–Kier alpha value is -2.89. The van der Waals surface area contributed by atoms with E-state index >= 15 is 0 Å². The van der Waals surface area contributed by atoms with Crippen molar-refractivity contribution in [1.29, 1.82) is 0 Å². The third-order valence-electron chi connectivity index (χ3n) is 8.07. The molecule has 6 heteroatoms. The second-order valence-corrected chi connectivity index (χ2v) is 11.7. The largest absolute Gasteiger partial charge is 0.497 e. The Labute approximate surface area is 220 Å². The summed E-state index contributed by atoms with van der Waals surface area (Å²) in [7, 11) is 1.64. The van der Waals surface area contributed by atoms with Crippen LogP contribution in [0.2, 0.25) is 0 Å². The number of Topliss-reactive ketones (excluding diaryl/α,β-unsaturated/α-hetero) is 1. The summed E-state index contributed by atoms with van der Waals surface area (Å²) in [5.41, 5.74) is 2.17. The molecule has 1 aromatic rings. The number of benzene rings is 1. The molecule has 1 heterocycles. The Morgan fingerprint density at radius 1 is 1.16 bits per heavy atom. The predicted molar refractivity (Wildman–Crippen MR) is 142 cm³/mol. The monoisotopic (exact) mass is 508 g/mol. The Morgan fingerprint density at radius 2 is 1.92 bits per heavy atom. The summed E-state index contributed by atoms with van der Waals surface area (Å²) < 4.78 is 17.2. The van der Waals surface area contributed by atoms with E-state index < -0.39 is 17.4 Å². The zero-order chi connectivity index (χ0) is 26.9. The zero-order valence-electron chi connectivity index (χ0n) is 22.9. The van der Waals surface area contributed by atoms with Gasteiger partial charge in [0.25, 0.3) is 0 Å². The molecule has 6 nitrogen and oxygen atoms in total. The standard InChI is InChI=1S/C31H40O6/c1-7-20-9-8-10-27(37-30(34)31(3,4)5)18(2)29(33)26-16-24-22-14-12-21(35-6)15-19(22)11-13-23(24)25(26)17-28(32)36-20/h11-16,18,20,23-25,27H,7-10,17H2,1-6H3/t18-,20+,23+,24-,25-,27+/m1/s1. The quantitative estimate of drug-likeness (QED) is 0.464. The van der Waals surface area contributed by atoms with E-state index in [1.165, 1.54) is 0 Å². The summed E-state index contributed by atoms with van der Waals surface area (Å²) in [6, 6.07) is 5.98. The normalized spacial score (nSPS) is 30.1. The second-order valence-electron chi connectivity index (χ2n) is 11.7. The van der Waals surface area contributed by atoms with Gasteiger partial charge < -0.3 is 14.2 Å². The van der Waals surface area contributed by atoms with Gasteiger partial charge in [0.1, 0.15) is 18.0 Å². The molecule has 0 aromatic heterocycles. The van der Waals surface area contributed by atoms with Gasteiger partial charge in [-0.1, -0.05) is 38.1 Å². The van der Waals surface area contributed by atoms with E-state index in [1.807, 2.05) is 58.9 Å². The third-order valence-corrected chi connectivity index (χ3v) is 8.07. The first-order valence-corrected chi connectivity index (χ1v) is 13.6. The number of hydrogen-bond acceptors (Lipinski definition) is 6. The number of carbonyl (C=O) groups excluding carboxylic acids is 3. The number of cyclic esters (lactones) is 1. The zero-order valence-corrected chi connectivity index (χ0v) is 22.9. The van der Waals surface area contributed by atoms with Crippen LogP contribution in [0.4, 0.5) is 0 Å². The smallest absolute Gasteiger partial charge is 0.311 e. The topological polar surface area (TPSA) is 78.9 Å². The van der Waals surface area contributed by atoms with Crippen LogP contribution in [0.5, 0.6) is 5.75 Å². The van der Waals surface area contributed by atoms with Crippen LogP contribution in [0.1, 0.15) is 83.8 Å². The van der Waals surface area contributed by atoms with Gasteiger partial charge in [0.15, 0.2) is 5.78 Å². The Balaban J connectivity index is 1.71. The number of allylic oxidation sites excluding steroid dienone is 3. The summed E-state index contributed by atoms with van der Waals surface area (Å²) in [5, 5.41) is 0. The fourth-order valence-corrected chi connectivity index (χ4v) is 5.75. The van der Waals surface area contributed by atoms with Crippen molar-refractivity contribution in [3.05, 3.63) is 47.1 Å². The molecule has 0 N–H and O–H groups in total. The van der Waals surface area contributed by atoms with Crippen molar-refractivity contribution in [1.82, 2.24) is 0 Å². The number of hydrogen-bond donors (Lipinski definition) is 0. The molecule has 1 aromatic carbocycles. The van der Waals surface area contributed by atoms with Crippen molar-refractivity contribution in [2.45, 2.75) is 84.8 Å². The van der Waals surface area contributed by atoms with E-state index in [-0.39, 0.29) is 48.0 Å². The average molecular weight is 509 g/mol. The first-order valence-electron chi connectivity index (χ1n) is 13.6. The van der Waals surface area contributed by atoms with Crippen LogP contribution in [-0.2, 0) is 23.9 Å². The van der Waals surface area contributed by atoms with E-state index in [2.05, 4.69) is 12.2 Å². The fourth-order valence-electron chi connectivity index (χ4n) is 5.75. The first-order chi connectivity index (χ1) is 17.5. The molecule has 0 unspecified atom stereocenters. The Kier molecular flexibility index (Phi) is 7.96. The van der Waals surface area contributed by atoms with Crippen LogP contribution in [0.3, 0.4) is 0 Å². The van der Waals surface area contributed by atoms with E-state index in [9.17, 15) is 14.4 Å². The SMILES string of the molecule is CC[C@H]1CCC[C@H](OC(=O)C(C)(C)C)[C@@H](C)C(=O)C2=C[C@@H]3c4ccc(OC)cc4C=C[C@@H]3[C@H]2CC(=O)O1. The number of ether oxygens (including phenoxy) is 3. The summed E-state index contributed by atoms with van der Waals surface area (Å²) >= 11 is 0. The van der Waals surface area contributed by atoms with Crippen LogP contribution in [0.25, 0.3) is 6.08 Å². The molecule has 0 radical (unpaired) electrons. The lowest BCUT2D eigenvalue weighted by Crippen LogP contribution is -2.37. The van der Waals surface area contributed by atoms with Crippen molar-refractivity contribution in [2.24, 2.45) is 23.2 Å². The van der Waals surface area contributed by atoms with Gasteiger partial charge in [-0.15, -0.1) is 0 Å². The lowest BCUT2D eigenvalue weighted by Gasteiger charge is -2.31. The fraction of sp³-hybridized carbons (Fsp3) is 0.581. The van der Waals surface area contributed by atoms with Crippen molar-refractivity contribution in [3.8, 4) is 5.75 Å². The Morgan fingerprint density at radius 3 is 2.59 bits per heavy atom. The summed E-state index contributed by atoms with van der Waals surface area (Å²) in [5.74, 6) is -0.648. The number of esters is 2. The second kappa shape index (κ2) is 10.8. The minimum Gasteiger partial charge on any atom is -0.497 e. The van der Waals surface area contributed by atoms with Gasteiger partial charge in [-0.2, -0.15) is 0 Å². The lowest BCUT2D eigenvalue weighted by atomic mass is 9.75. The van der Waals surface area contributed by atoms with Crippen molar-refractivity contribution in [3.63, 3.8) is 0 Å². The first kappa shape index (κ1) is 27.2. The molecule has 3 aliphatic rings. The molecular weight excluding hydrogens is 468 g/mol. The van der Waals surface area contributed by atoms with E-state index in [1.54, 1.807) is 7.11 Å². The molecule has 4 rings (SSSR count). The summed E-state index contributed by atoms with van der Waals surface area (Å²) in [4.78, 5) is 39.9. The summed E-state index contributed by atoms with van der Waals surface area (Å²) in [6.45, 7) is 9.34. The van der Waals surface area contributed by atoms with Crippen LogP contribution in [-0.4, -0.2) is 37.0 Å². The molecule has 0 bridgehead atoms. The minimum atomic E-state index is -0.659. The molecule has 200 valence electrons. The third kappa shape index (κ3) is 5.68. The maximum atomic E-state index is 14.0. The molecule has 1 fully saturated rings. The highest BCUT2D eigenvalue weighted by Gasteiger charge is 2.45. The molecule has 1 saturated heterocycles. The van der Waals surface area contributed by atoms with Gasteiger partial charge >= 0.3 is 11.9 Å². The van der Waals surface area contributed by atoms with Crippen LogP contribution in [0, 0.1) is 23.2 Å². The number of fused-ring (bicyclic) bond motifs is 5. The average Bonchev–Trinajstić information content (AvgIpc) is 3.23.